The van der Waals surface area contributed by atoms with Crippen molar-refractivity contribution in [1.29, 1.82) is 0 Å². The predicted octanol–water partition coefficient (Wildman–Crippen LogP) is 0.914. The van der Waals surface area contributed by atoms with E-state index < -0.39 is 5.60 Å². The Morgan fingerprint density at radius 3 is 2.38 bits per heavy atom. The van der Waals surface area contributed by atoms with Gasteiger partial charge in [0.1, 0.15) is 0 Å². The lowest BCUT2D eigenvalue weighted by Gasteiger charge is -2.39. The summed E-state index contributed by atoms with van der Waals surface area (Å²) in [5.41, 5.74) is -0.514. The Hall–Kier alpha value is -0.120. The van der Waals surface area contributed by atoms with E-state index in [1.165, 1.54) is 0 Å². The van der Waals surface area contributed by atoms with E-state index in [2.05, 4.69) is 5.32 Å². The molecule has 3 atom stereocenters. The van der Waals surface area contributed by atoms with E-state index in [0.29, 0.717) is 0 Å². The molecular formula is C10H21NO2. The second-order valence-corrected chi connectivity index (χ2v) is 4.24. The van der Waals surface area contributed by atoms with Crippen LogP contribution in [0.3, 0.4) is 0 Å². The molecular weight excluding hydrogens is 166 g/mol. The van der Waals surface area contributed by atoms with Gasteiger partial charge in [-0.25, -0.2) is 0 Å². The van der Waals surface area contributed by atoms with Crippen LogP contribution in [0, 0.1) is 0 Å². The summed E-state index contributed by atoms with van der Waals surface area (Å²) in [7, 11) is 1.91. The number of aliphatic hydroxyl groups is 1. The third-order valence-electron chi connectivity index (χ3n) is 2.64. The molecule has 1 heterocycles. The molecule has 0 saturated carbocycles. The van der Waals surface area contributed by atoms with Gasteiger partial charge in [-0.15, -0.1) is 0 Å². The zero-order valence-corrected chi connectivity index (χ0v) is 8.84. The Balaban J connectivity index is 2.45. The molecule has 2 N–H and O–H groups in total. The maximum absolute atomic E-state index is 10.2. The molecule has 1 saturated heterocycles. The van der Waals surface area contributed by atoms with Crippen molar-refractivity contribution in [3.8, 4) is 0 Å². The minimum atomic E-state index is -0.514. The van der Waals surface area contributed by atoms with E-state index >= 15 is 0 Å². The minimum absolute atomic E-state index is 0.186. The van der Waals surface area contributed by atoms with Gasteiger partial charge in [-0.2, -0.15) is 0 Å². The standard InChI is InChI=1S/C10H21NO2/c1-8-6-10(12,4-5-11-3)7-9(2)13-8/h8-9,11-12H,4-7H2,1-3H3/t8-,9+,10?. The van der Waals surface area contributed by atoms with E-state index in [9.17, 15) is 5.11 Å². The van der Waals surface area contributed by atoms with E-state index in [0.717, 1.165) is 25.8 Å². The number of hydrogen-bond donors (Lipinski definition) is 2. The summed E-state index contributed by atoms with van der Waals surface area (Å²) in [5.74, 6) is 0. The molecule has 0 spiro atoms. The van der Waals surface area contributed by atoms with Crippen molar-refractivity contribution in [2.75, 3.05) is 13.6 Å². The summed E-state index contributed by atoms with van der Waals surface area (Å²) >= 11 is 0. The summed E-state index contributed by atoms with van der Waals surface area (Å²) in [6.45, 7) is 4.93. The van der Waals surface area contributed by atoms with Crippen LogP contribution < -0.4 is 5.32 Å². The normalized spacial score (nSPS) is 40.6. The minimum Gasteiger partial charge on any atom is -0.390 e. The highest BCUT2D eigenvalue weighted by Gasteiger charge is 2.35. The van der Waals surface area contributed by atoms with Crippen LogP contribution in [0.5, 0.6) is 0 Å². The van der Waals surface area contributed by atoms with Crippen LogP contribution in [-0.2, 0) is 4.74 Å². The van der Waals surface area contributed by atoms with Crippen LogP contribution >= 0.6 is 0 Å². The molecule has 13 heavy (non-hydrogen) atoms. The summed E-state index contributed by atoms with van der Waals surface area (Å²) in [5, 5.41) is 13.3. The van der Waals surface area contributed by atoms with Gasteiger partial charge in [0.25, 0.3) is 0 Å². The first-order chi connectivity index (χ1) is 6.06. The highest BCUT2D eigenvalue weighted by molar-refractivity contribution is 4.87. The first-order valence-corrected chi connectivity index (χ1v) is 5.08. The van der Waals surface area contributed by atoms with Crippen LogP contribution in [-0.4, -0.2) is 36.5 Å². The molecule has 1 unspecified atom stereocenters. The fraction of sp³-hybridized carbons (Fsp3) is 1.00. The third-order valence-corrected chi connectivity index (χ3v) is 2.64. The molecule has 1 aliphatic rings. The van der Waals surface area contributed by atoms with Crippen LogP contribution in [0.4, 0.5) is 0 Å². The van der Waals surface area contributed by atoms with E-state index in [4.69, 9.17) is 4.74 Å². The molecule has 78 valence electrons. The fourth-order valence-corrected chi connectivity index (χ4v) is 2.21. The quantitative estimate of drug-likeness (QED) is 0.690. The summed E-state index contributed by atoms with van der Waals surface area (Å²) in [4.78, 5) is 0. The SMILES string of the molecule is CNCCC1(O)C[C@@H](C)O[C@@H](C)C1. The molecule has 0 bridgehead atoms. The van der Waals surface area contributed by atoms with Gasteiger partial charge in [-0.3, -0.25) is 0 Å². The summed E-state index contributed by atoms with van der Waals surface area (Å²) in [6.07, 6.45) is 2.72. The maximum Gasteiger partial charge on any atom is 0.0709 e. The second kappa shape index (κ2) is 4.40. The smallest absolute Gasteiger partial charge is 0.0709 e. The topological polar surface area (TPSA) is 41.5 Å². The van der Waals surface area contributed by atoms with Crippen LogP contribution in [0.15, 0.2) is 0 Å². The van der Waals surface area contributed by atoms with Gasteiger partial charge in [-0.05, 0) is 33.9 Å². The van der Waals surface area contributed by atoms with E-state index in [1.54, 1.807) is 0 Å². The van der Waals surface area contributed by atoms with Crippen LogP contribution in [0.25, 0.3) is 0 Å². The monoisotopic (exact) mass is 187 g/mol. The average molecular weight is 187 g/mol. The Morgan fingerprint density at radius 1 is 1.38 bits per heavy atom. The molecule has 0 aromatic rings. The second-order valence-electron chi connectivity index (χ2n) is 4.24. The maximum atomic E-state index is 10.2. The van der Waals surface area contributed by atoms with Crippen molar-refractivity contribution in [1.82, 2.24) is 5.32 Å². The number of rotatable bonds is 3. The third kappa shape index (κ3) is 3.25. The van der Waals surface area contributed by atoms with E-state index in [-0.39, 0.29) is 12.2 Å². The van der Waals surface area contributed by atoms with Gasteiger partial charge in [0, 0.05) is 12.8 Å². The van der Waals surface area contributed by atoms with E-state index in [1.807, 2.05) is 20.9 Å². The molecule has 3 nitrogen and oxygen atoms in total. The molecule has 0 aromatic carbocycles. The lowest BCUT2D eigenvalue weighted by atomic mass is 9.85. The zero-order chi connectivity index (χ0) is 9.90. The van der Waals surface area contributed by atoms with Gasteiger partial charge < -0.3 is 15.2 Å². The summed E-state index contributed by atoms with van der Waals surface area (Å²) < 4.78 is 5.58. The zero-order valence-electron chi connectivity index (χ0n) is 8.84. The molecule has 1 rings (SSSR count). The van der Waals surface area contributed by atoms with Crippen LogP contribution in [0.1, 0.15) is 33.1 Å². The number of ether oxygens (including phenoxy) is 1. The van der Waals surface area contributed by atoms with Crippen molar-refractivity contribution in [2.24, 2.45) is 0 Å². The Kier molecular flexibility index (Phi) is 3.71. The molecule has 0 amide bonds. The molecule has 1 aliphatic heterocycles. The van der Waals surface area contributed by atoms with Crippen molar-refractivity contribution < 1.29 is 9.84 Å². The van der Waals surface area contributed by atoms with Gasteiger partial charge >= 0.3 is 0 Å². The lowest BCUT2D eigenvalue weighted by molar-refractivity contribution is -0.133. The Bertz CT molecular complexity index is 151. The number of hydrogen-bond acceptors (Lipinski definition) is 3. The number of nitrogens with one attached hydrogen (secondary N) is 1. The van der Waals surface area contributed by atoms with Crippen molar-refractivity contribution in [3.05, 3.63) is 0 Å². The van der Waals surface area contributed by atoms with Crippen molar-refractivity contribution in [2.45, 2.75) is 50.9 Å². The predicted molar refractivity (Wildman–Crippen MR) is 52.7 cm³/mol. The highest BCUT2D eigenvalue weighted by atomic mass is 16.5. The van der Waals surface area contributed by atoms with Gasteiger partial charge in [0.15, 0.2) is 0 Å². The van der Waals surface area contributed by atoms with Crippen molar-refractivity contribution >= 4 is 0 Å². The van der Waals surface area contributed by atoms with Crippen molar-refractivity contribution in [3.63, 3.8) is 0 Å². The first kappa shape index (κ1) is 11.0. The molecule has 0 radical (unpaired) electrons. The Labute approximate surface area is 80.5 Å². The van der Waals surface area contributed by atoms with Gasteiger partial charge in [0.2, 0.25) is 0 Å². The molecule has 3 heteroatoms. The Morgan fingerprint density at radius 2 is 1.92 bits per heavy atom. The largest absolute Gasteiger partial charge is 0.390 e. The molecule has 1 fully saturated rings. The van der Waals surface area contributed by atoms with Gasteiger partial charge in [-0.1, -0.05) is 0 Å². The fourth-order valence-electron chi connectivity index (χ4n) is 2.21. The highest BCUT2D eigenvalue weighted by Crippen LogP contribution is 2.30. The lowest BCUT2D eigenvalue weighted by Crippen LogP contribution is -2.44. The van der Waals surface area contributed by atoms with Gasteiger partial charge in [0.05, 0.1) is 17.8 Å². The molecule has 0 aromatic heterocycles. The first-order valence-electron chi connectivity index (χ1n) is 5.08. The average Bonchev–Trinajstić information content (AvgIpc) is 1.98. The summed E-state index contributed by atoms with van der Waals surface area (Å²) in [6, 6.07) is 0. The molecule has 0 aliphatic carbocycles. The van der Waals surface area contributed by atoms with Crippen LogP contribution in [0.2, 0.25) is 0 Å².